The number of nitrogens with zero attached hydrogens (tertiary/aromatic N) is 1. The van der Waals surface area contributed by atoms with Crippen molar-refractivity contribution >= 4 is 35.2 Å². The van der Waals surface area contributed by atoms with Crippen molar-refractivity contribution in [3.05, 3.63) is 32.6 Å². The summed E-state index contributed by atoms with van der Waals surface area (Å²) in [6.45, 7) is 0.459. The molecule has 0 radical (unpaired) electrons. The lowest BCUT2D eigenvalue weighted by molar-refractivity contribution is -0.121. The van der Waals surface area contributed by atoms with Gasteiger partial charge in [0.2, 0.25) is 5.91 Å². The first kappa shape index (κ1) is 39.8. The van der Waals surface area contributed by atoms with Crippen LogP contribution in [0.5, 0.6) is 0 Å². The molecule has 1 fully saturated rings. The van der Waals surface area contributed by atoms with Gasteiger partial charge in [0.05, 0.1) is 13.2 Å². The zero-order chi connectivity index (χ0) is 34.7. The second kappa shape index (κ2) is 17.7. The number of nitrogens with one attached hydrogen (secondary N) is 2. The first-order chi connectivity index (χ1) is 21.5. The monoisotopic (exact) mass is 719 g/mol. The molecule has 0 bridgehead atoms. The topological polar surface area (TPSA) is 267 Å². The number of phosphoric acid groups is 3. The van der Waals surface area contributed by atoms with Crippen LogP contribution < -0.4 is 16.6 Å². The van der Waals surface area contributed by atoms with Crippen molar-refractivity contribution in [2.24, 2.45) is 0 Å². The van der Waals surface area contributed by atoms with Gasteiger partial charge in [-0.25, -0.2) is 18.5 Å². The normalized spacial score (nSPS) is 22.3. The highest BCUT2D eigenvalue weighted by Crippen LogP contribution is 2.72. The number of aliphatic hydroxyl groups excluding tert-OH is 2. The number of Topliss-reactive ketones (excluding diaryl/α,β-unsaturated/α-hetero) is 1. The molecule has 0 saturated carbocycles. The van der Waals surface area contributed by atoms with Crippen LogP contribution >= 0.6 is 23.5 Å². The Bertz CT molecular complexity index is 1540. The third kappa shape index (κ3) is 11.4. The second-order valence-corrected chi connectivity index (χ2v) is 15.0. The Labute approximate surface area is 262 Å². The van der Waals surface area contributed by atoms with Crippen molar-refractivity contribution in [3.63, 3.8) is 0 Å². The maximum absolute atomic E-state index is 13.0. The van der Waals surface area contributed by atoms with Crippen LogP contribution in [0.25, 0.3) is 0 Å². The van der Waals surface area contributed by atoms with Crippen LogP contribution in [0.1, 0.15) is 44.4 Å². The molecule has 20 nitrogen and oxygen atoms in total. The van der Waals surface area contributed by atoms with Crippen LogP contribution in [0.4, 0.5) is 0 Å². The lowest BCUT2D eigenvalue weighted by atomic mass is 10.1. The molecule has 23 heteroatoms. The fourth-order valence-electron chi connectivity index (χ4n) is 3.63. The molecule has 1 aromatic rings. The van der Waals surface area contributed by atoms with E-state index in [1.807, 2.05) is 4.98 Å². The van der Waals surface area contributed by atoms with E-state index in [1.165, 1.54) is 6.92 Å². The van der Waals surface area contributed by atoms with Gasteiger partial charge in [-0.2, -0.15) is 8.62 Å². The van der Waals surface area contributed by atoms with Crippen molar-refractivity contribution in [2.45, 2.75) is 57.1 Å². The molecule has 2 rings (SSSR count). The highest BCUT2D eigenvalue weighted by molar-refractivity contribution is 7.67. The van der Waals surface area contributed by atoms with Gasteiger partial charge >= 0.3 is 29.2 Å². The SMILES string of the molecule is COP(=O)(OC)OP(=O)(OC)OP(=O)(OC)OC[C@H]1O[C@@H](n2cc(C#CCNC(=O)CCCCC(C)=O)c(=O)[nH]c2=O)[C@@H](O)C1O. The average Bonchev–Trinajstić information content (AvgIpc) is 3.29. The van der Waals surface area contributed by atoms with Crippen LogP contribution in [0, 0.1) is 11.8 Å². The summed E-state index contributed by atoms with van der Waals surface area (Å²) < 4.78 is 76.8. The third-order valence-electron chi connectivity index (χ3n) is 6.05. The molecule has 2 heterocycles. The Balaban J connectivity index is 2.12. The van der Waals surface area contributed by atoms with E-state index in [0.717, 1.165) is 39.2 Å². The zero-order valence-corrected chi connectivity index (χ0v) is 28.1. The molecule has 46 heavy (non-hydrogen) atoms. The van der Waals surface area contributed by atoms with Crippen molar-refractivity contribution in [2.75, 3.05) is 41.6 Å². The number of carbonyl (C=O) groups excluding carboxylic acids is 2. The number of carbonyl (C=O) groups is 2. The van der Waals surface area contributed by atoms with Gasteiger partial charge in [0.15, 0.2) is 6.23 Å². The molecule has 0 spiro atoms. The molecule has 1 amide bonds. The number of aromatic amines is 1. The number of H-pyrrole nitrogens is 1. The summed E-state index contributed by atoms with van der Waals surface area (Å²) in [6, 6.07) is 0. The number of phosphoric ester groups is 2. The number of ketones is 1. The molecule has 3 unspecified atom stereocenters. The lowest BCUT2D eigenvalue weighted by Gasteiger charge is -2.24. The molecule has 0 aliphatic carbocycles. The fraction of sp³-hybridized carbons (Fsp3) is 0.652. The maximum Gasteiger partial charge on any atom is 0.492 e. The van der Waals surface area contributed by atoms with Crippen molar-refractivity contribution in [3.8, 4) is 11.8 Å². The molecule has 1 aromatic heterocycles. The van der Waals surface area contributed by atoms with E-state index in [-0.39, 0.29) is 30.2 Å². The van der Waals surface area contributed by atoms with Gasteiger partial charge in [0.1, 0.15) is 29.7 Å². The number of hydrogen-bond acceptors (Lipinski definition) is 17. The van der Waals surface area contributed by atoms with Gasteiger partial charge < -0.3 is 25.1 Å². The van der Waals surface area contributed by atoms with E-state index in [4.69, 9.17) is 13.6 Å². The minimum Gasteiger partial charge on any atom is -0.387 e. The number of aliphatic hydroxyl groups is 2. The van der Waals surface area contributed by atoms with Gasteiger partial charge in [0.25, 0.3) is 5.56 Å². The number of rotatable bonds is 18. The van der Waals surface area contributed by atoms with Gasteiger partial charge in [-0.15, -0.1) is 0 Å². The summed E-state index contributed by atoms with van der Waals surface area (Å²) >= 11 is 0. The van der Waals surface area contributed by atoms with Crippen LogP contribution in [0.3, 0.4) is 0 Å². The van der Waals surface area contributed by atoms with Crippen molar-refractivity contribution in [1.82, 2.24) is 14.9 Å². The summed E-state index contributed by atoms with van der Waals surface area (Å²) in [5.41, 5.74) is -2.18. The Morgan fingerprint density at radius 1 is 0.957 bits per heavy atom. The number of ether oxygens (including phenoxy) is 1. The molecular formula is C23H36N3O17P3. The van der Waals surface area contributed by atoms with E-state index in [9.17, 15) is 43.1 Å². The minimum atomic E-state index is -4.99. The molecule has 0 aromatic carbocycles. The highest BCUT2D eigenvalue weighted by atomic mass is 31.3. The first-order valence-corrected chi connectivity index (χ1v) is 17.6. The smallest absolute Gasteiger partial charge is 0.387 e. The molecule has 1 saturated heterocycles. The Hall–Kier alpha value is -2.33. The second-order valence-electron chi connectivity index (χ2n) is 9.27. The quantitative estimate of drug-likeness (QED) is 0.0925. The molecule has 1 aliphatic heterocycles. The molecule has 4 N–H and O–H groups in total. The summed E-state index contributed by atoms with van der Waals surface area (Å²) in [6.07, 6.45) is -4.11. The summed E-state index contributed by atoms with van der Waals surface area (Å²) in [5, 5.41) is 23.7. The molecule has 260 valence electrons. The third-order valence-corrected chi connectivity index (χ3v) is 11.5. The van der Waals surface area contributed by atoms with E-state index in [2.05, 4.69) is 39.6 Å². The van der Waals surface area contributed by atoms with Gasteiger partial charge in [0, 0.05) is 47.5 Å². The van der Waals surface area contributed by atoms with E-state index in [1.54, 1.807) is 0 Å². The summed E-state index contributed by atoms with van der Waals surface area (Å²) in [7, 11) is -11.0. The average molecular weight is 719 g/mol. The Morgan fingerprint density at radius 2 is 1.54 bits per heavy atom. The Kier molecular flexibility index (Phi) is 15.3. The lowest BCUT2D eigenvalue weighted by Crippen LogP contribution is -2.38. The number of amides is 1. The summed E-state index contributed by atoms with van der Waals surface area (Å²) in [5.74, 6) is 4.76. The fourth-order valence-corrected chi connectivity index (χ4v) is 8.09. The van der Waals surface area contributed by atoms with Crippen molar-refractivity contribution in [1.29, 1.82) is 0 Å². The van der Waals surface area contributed by atoms with E-state index < -0.39 is 65.9 Å². The number of unbranched alkanes of at least 4 members (excludes halogenated alkanes) is 1. The number of aromatic nitrogens is 2. The Morgan fingerprint density at radius 3 is 2.13 bits per heavy atom. The van der Waals surface area contributed by atoms with Crippen LogP contribution in [-0.4, -0.2) is 91.4 Å². The van der Waals surface area contributed by atoms with Gasteiger partial charge in [-0.1, -0.05) is 11.8 Å². The van der Waals surface area contributed by atoms with Crippen LogP contribution in [0.15, 0.2) is 15.8 Å². The standard InChI is InChI=1S/C23H36N3O17P3/c1-15(27)9-6-7-11-18(28)24-12-8-10-16-13-26(23(32)25-21(16)31)22-20(30)19(29)17(41-22)14-40-45(34,38-4)43-46(35,39-5)42-44(33,36-2)37-3/h13,17,19-20,22,29-30H,6-7,9,11-12,14H2,1-5H3,(H,24,28)(H,25,31,32)/t17-,19?,20+,22-,45?,46?/m1/s1. The molecule has 1 aliphatic rings. The van der Waals surface area contributed by atoms with Gasteiger partial charge in [-0.05, 0) is 19.8 Å². The number of hydrogen-bond donors (Lipinski definition) is 4. The predicted octanol–water partition coefficient (Wildman–Crippen LogP) is 0.733. The summed E-state index contributed by atoms with van der Waals surface area (Å²) in [4.78, 5) is 49.7. The highest BCUT2D eigenvalue weighted by Gasteiger charge is 2.48. The van der Waals surface area contributed by atoms with E-state index >= 15 is 0 Å². The largest absolute Gasteiger partial charge is 0.492 e. The van der Waals surface area contributed by atoms with E-state index in [0.29, 0.717) is 19.3 Å². The van der Waals surface area contributed by atoms with Crippen LogP contribution in [0.2, 0.25) is 0 Å². The molecular weight excluding hydrogens is 683 g/mol. The van der Waals surface area contributed by atoms with Gasteiger partial charge in [-0.3, -0.25) is 41.8 Å². The predicted molar refractivity (Wildman–Crippen MR) is 155 cm³/mol. The van der Waals surface area contributed by atoms with Crippen molar-refractivity contribution < 1.29 is 69.5 Å². The minimum absolute atomic E-state index is 0.0283. The van der Waals surface area contributed by atoms with Crippen LogP contribution in [-0.2, 0) is 59.3 Å². The molecule has 6 atom stereocenters. The first-order valence-electron chi connectivity index (χ1n) is 13.3. The zero-order valence-electron chi connectivity index (χ0n) is 25.4. The maximum atomic E-state index is 13.0.